The molecule has 3 nitrogen and oxygen atoms in total. The Labute approximate surface area is 110 Å². The highest BCUT2D eigenvalue weighted by molar-refractivity contribution is 7.78. The quantitative estimate of drug-likeness (QED) is 0.679. The van der Waals surface area contributed by atoms with Gasteiger partial charge >= 0.3 is 11.3 Å². The average molecular weight is 264 g/mol. The van der Waals surface area contributed by atoms with Crippen LogP contribution in [0.3, 0.4) is 0 Å². The number of hydrogen-bond acceptors (Lipinski definition) is 1. The molecule has 1 unspecified atom stereocenters. The zero-order valence-corrected chi connectivity index (χ0v) is 11.5. The van der Waals surface area contributed by atoms with Gasteiger partial charge in [-0.1, -0.05) is 30.3 Å². The summed E-state index contributed by atoms with van der Waals surface area (Å²) < 4.78 is 21.6. The van der Waals surface area contributed by atoms with Crippen molar-refractivity contribution in [3.63, 3.8) is 0 Å². The lowest BCUT2D eigenvalue weighted by Gasteiger charge is -2.31. The van der Waals surface area contributed by atoms with Crippen LogP contribution >= 0.6 is 0 Å². The van der Waals surface area contributed by atoms with Crippen LogP contribution in [0.25, 0.3) is 10.8 Å². The predicted molar refractivity (Wildman–Crippen MR) is 77.6 cm³/mol. The molecular formula is C14H18NO2S+. The molecule has 2 rings (SSSR count). The zero-order chi connectivity index (χ0) is 13.2. The Kier molecular flexibility index (Phi) is 3.80. The van der Waals surface area contributed by atoms with Crippen LogP contribution in [0.5, 0.6) is 0 Å². The average Bonchev–Trinajstić information content (AvgIpc) is 2.40. The van der Waals surface area contributed by atoms with Gasteiger partial charge in [0.05, 0.1) is 13.1 Å². The molecule has 0 heterocycles. The van der Waals surface area contributed by atoms with Gasteiger partial charge in [-0.3, -0.25) is 4.55 Å². The third-order valence-corrected chi connectivity index (χ3v) is 4.84. The Hall–Kier alpha value is -1.23. The van der Waals surface area contributed by atoms with Crippen LogP contribution in [0, 0.1) is 0 Å². The molecular weight excluding hydrogens is 246 g/mol. The van der Waals surface area contributed by atoms with E-state index in [0.29, 0.717) is 13.1 Å². The Morgan fingerprint density at radius 1 is 1.06 bits per heavy atom. The highest BCUT2D eigenvalue weighted by Crippen LogP contribution is 2.32. The summed E-state index contributed by atoms with van der Waals surface area (Å²) >= 11 is -1.93. The molecule has 0 aromatic heterocycles. The first-order valence-electron chi connectivity index (χ1n) is 6.12. The lowest BCUT2D eigenvalue weighted by Crippen LogP contribution is -2.50. The number of fused-ring (bicyclic) bond motifs is 1. The van der Waals surface area contributed by atoms with Gasteiger partial charge in [0, 0.05) is 11.5 Å². The molecule has 2 aromatic carbocycles. The van der Waals surface area contributed by atoms with Crippen molar-refractivity contribution in [2.24, 2.45) is 0 Å². The number of rotatable bonds is 4. The van der Waals surface area contributed by atoms with Gasteiger partial charge in [0.25, 0.3) is 0 Å². The van der Waals surface area contributed by atoms with Crippen LogP contribution in [-0.2, 0) is 11.3 Å². The second-order valence-electron chi connectivity index (χ2n) is 4.25. The third kappa shape index (κ3) is 1.96. The number of hydrogen-bond donors (Lipinski definition) is 1. The van der Waals surface area contributed by atoms with Crippen molar-refractivity contribution >= 4 is 27.7 Å². The van der Waals surface area contributed by atoms with E-state index in [1.165, 1.54) is 0 Å². The molecule has 2 aromatic rings. The molecule has 0 aliphatic heterocycles. The van der Waals surface area contributed by atoms with E-state index >= 15 is 0 Å². The maximum atomic E-state index is 11.8. The van der Waals surface area contributed by atoms with Crippen molar-refractivity contribution in [2.45, 2.75) is 13.8 Å². The molecule has 0 spiro atoms. The molecule has 96 valence electrons. The predicted octanol–water partition coefficient (Wildman–Crippen LogP) is 3.32. The largest absolute Gasteiger partial charge is 0.363 e. The summed E-state index contributed by atoms with van der Waals surface area (Å²) in [6, 6.07) is 13.9. The van der Waals surface area contributed by atoms with Crippen molar-refractivity contribution in [2.75, 3.05) is 13.1 Å². The van der Waals surface area contributed by atoms with Gasteiger partial charge in [-0.15, -0.1) is 0 Å². The summed E-state index contributed by atoms with van der Waals surface area (Å²) in [6.07, 6.45) is 0. The first-order valence-corrected chi connectivity index (χ1v) is 7.19. The molecule has 0 fully saturated rings. The van der Waals surface area contributed by atoms with Gasteiger partial charge in [-0.05, 0) is 25.3 Å². The van der Waals surface area contributed by atoms with E-state index in [-0.39, 0.29) is 3.89 Å². The van der Waals surface area contributed by atoms with Crippen LogP contribution in [0.2, 0.25) is 0 Å². The highest BCUT2D eigenvalue weighted by atomic mass is 32.2. The lowest BCUT2D eigenvalue weighted by atomic mass is 10.1. The molecule has 0 radical (unpaired) electrons. The fourth-order valence-corrected chi connectivity index (χ4v) is 3.20. The van der Waals surface area contributed by atoms with Crippen molar-refractivity contribution in [3.05, 3.63) is 42.5 Å². The molecule has 4 heteroatoms. The monoisotopic (exact) mass is 264 g/mol. The van der Waals surface area contributed by atoms with Crippen LogP contribution in [0.4, 0.5) is 5.69 Å². The van der Waals surface area contributed by atoms with Crippen molar-refractivity contribution < 1.29 is 8.76 Å². The second kappa shape index (κ2) is 5.18. The Bertz CT molecular complexity index is 574. The summed E-state index contributed by atoms with van der Waals surface area (Å²) in [5.41, 5.74) is 0.916. The second-order valence-corrected chi connectivity index (χ2v) is 5.41. The fourth-order valence-electron chi connectivity index (χ4n) is 2.43. The van der Waals surface area contributed by atoms with E-state index in [1.807, 2.05) is 56.3 Å². The van der Waals surface area contributed by atoms with E-state index in [1.54, 1.807) is 0 Å². The first kappa shape index (κ1) is 13.2. The molecule has 0 aliphatic rings. The van der Waals surface area contributed by atoms with Gasteiger partial charge in [-0.2, -0.15) is 8.10 Å². The van der Waals surface area contributed by atoms with Crippen LogP contribution in [-0.4, -0.2) is 21.9 Å². The first-order chi connectivity index (χ1) is 8.65. The standard InChI is InChI=1S/C14H17NO2S/c1-3-15(4-2,18(16)17)14-11-7-9-12-8-5-6-10-13(12)14/h5-11H,3-4H2,1-2H3/p+1. The maximum Gasteiger partial charge on any atom is 0.363 e. The number of quaternary nitrogens is 1. The summed E-state index contributed by atoms with van der Waals surface area (Å²) in [5.74, 6) is 0. The van der Waals surface area contributed by atoms with Crippen molar-refractivity contribution in [1.29, 1.82) is 0 Å². The topological polar surface area (TPSA) is 37.3 Å². The molecule has 1 atom stereocenters. The molecule has 0 bridgehead atoms. The lowest BCUT2D eigenvalue weighted by molar-refractivity contribution is 0.420. The van der Waals surface area contributed by atoms with Gasteiger partial charge in [0.15, 0.2) is 5.69 Å². The van der Waals surface area contributed by atoms with Crippen molar-refractivity contribution in [3.8, 4) is 0 Å². The normalized spacial score (nSPS) is 13.7. The van der Waals surface area contributed by atoms with Crippen LogP contribution < -0.4 is 3.89 Å². The third-order valence-electron chi connectivity index (χ3n) is 3.53. The summed E-state index contributed by atoms with van der Waals surface area (Å²) in [5, 5.41) is 2.15. The van der Waals surface area contributed by atoms with Gasteiger partial charge in [0.2, 0.25) is 0 Å². The molecule has 18 heavy (non-hydrogen) atoms. The molecule has 0 saturated heterocycles. The van der Waals surface area contributed by atoms with E-state index < -0.39 is 11.3 Å². The Morgan fingerprint density at radius 2 is 1.67 bits per heavy atom. The van der Waals surface area contributed by atoms with Crippen LogP contribution in [0.15, 0.2) is 42.5 Å². The molecule has 0 amide bonds. The number of nitrogens with zero attached hydrogens (tertiary/aromatic N) is 1. The minimum absolute atomic E-state index is 0.0847. The maximum absolute atomic E-state index is 11.8. The molecule has 0 aliphatic carbocycles. The van der Waals surface area contributed by atoms with E-state index in [0.717, 1.165) is 16.5 Å². The van der Waals surface area contributed by atoms with Crippen molar-refractivity contribution in [1.82, 2.24) is 3.89 Å². The van der Waals surface area contributed by atoms with Gasteiger partial charge in [0.1, 0.15) is 0 Å². The summed E-state index contributed by atoms with van der Waals surface area (Å²) in [7, 11) is 0. The SMILES string of the molecule is CC[N+](CC)(c1cccc2ccccc12)S(=O)O. The fraction of sp³-hybridized carbons (Fsp3) is 0.286. The molecule has 1 N–H and O–H groups in total. The van der Waals surface area contributed by atoms with E-state index in [4.69, 9.17) is 0 Å². The highest BCUT2D eigenvalue weighted by Gasteiger charge is 2.35. The minimum Gasteiger partial charge on any atom is -0.260 e. The van der Waals surface area contributed by atoms with E-state index in [9.17, 15) is 8.76 Å². The Morgan fingerprint density at radius 3 is 2.28 bits per heavy atom. The number of benzene rings is 2. The zero-order valence-electron chi connectivity index (χ0n) is 10.7. The van der Waals surface area contributed by atoms with Gasteiger partial charge < -0.3 is 0 Å². The van der Waals surface area contributed by atoms with E-state index in [2.05, 4.69) is 0 Å². The molecule has 0 saturated carbocycles. The van der Waals surface area contributed by atoms with Gasteiger partial charge in [-0.25, -0.2) is 0 Å². The summed E-state index contributed by atoms with van der Waals surface area (Å²) in [4.78, 5) is 0. The minimum atomic E-state index is -1.93. The van der Waals surface area contributed by atoms with Crippen LogP contribution in [0.1, 0.15) is 13.8 Å². The summed E-state index contributed by atoms with van der Waals surface area (Å²) in [6.45, 7) is 5.07. The Balaban J connectivity index is 2.76. The smallest absolute Gasteiger partial charge is 0.260 e.